The van der Waals surface area contributed by atoms with E-state index < -0.39 is 10.8 Å². The van der Waals surface area contributed by atoms with Gasteiger partial charge in [-0.15, -0.1) is 0 Å². The van der Waals surface area contributed by atoms with Crippen LogP contribution in [0.1, 0.15) is 66.8 Å². The van der Waals surface area contributed by atoms with Crippen LogP contribution < -0.4 is 0 Å². The second kappa shape index (κ2) is 22.9. The van der Waals surface area contributed by atoms with Crippen molar-refractivity contribution >= 4 is 89.5 Å². The van der Waals surface area contributed by atoms with E-state index in [2.05, 4.69) is 397 Å². The van der Waals surface area contributed by atoms with E-state index in [4.69, 9.17) is 0 Å². The van der Waals surface area contributed by atoms with E-state index in [-0.39, 0.29) is 0 Å². The maximum absolute atomic E-state index is 2.52. The molecule has 466 valence electrons. The Hall–Kier alpha value is -12.9. The Morgan fingerprint density at radius 3 is 0.880 bits per heavy atom. The third kappa shape index (κ3) is 8.70. The summed E-state index contributed by atoms with van der Waals surface area (Å²) in [5.41, 5.74) is 27.9. The molecule has 0 aliphatic heterocycles. The third-order valence-electron chi connectivity index (χ3n) is 21.8. The van der Waals surface area contributed by atoms with E-state index in [1.54, 1.807) is 0 Å². The van der Waals surface area contributed by atoms with Gasteiger partial charge in [-0.2, -0.15) is 0 Å². The van der Waals surface area contributed by atoms with E-state index in [1.807, 2.05) is 0 Å². The van der Waals surface area contributed by atoms with Crippen LogP contribution in [0.2, 0.25) is 0 Å². The summed E-state index contributed by atoms with van der Waals surface area (Å²) in [6, 6.07) is 136. The molecule has 0 saturated heterocycles. The molecule has 100 heavy (non-hydrogen) atoms. The Balaban J connectivity index is 0.697. The normalized spacial score (nSPS) is 13.5. The largest absolute Gasteiger partial charge is 0.309 e. The number of nitrogens with zero attached hydrogens (tertiary/aromatic N) is 2. The summed E-state index contributed by atoms with van der Waals surface area (Å²) >= 11 is 0. The molecule has 0 radical (unpaired) electrons. The van der Waals surface area contributed by atoms with Crippen molar-refractivity contribution in [2.24, 2.45) is 0 Å². The Morgan fingerprint density at radius 2 is 0.490 bits per heavy atom. The van der Waals surface area contributed by atoms with Gasteiger partial charge in [0.25, 0.3) is 0 Å². The number of hydrogen-bond acceptors (Lipinski definition) is 0. The van der Waals surface area contributed by atoms with Crippen LogP contribution in [0.15, 0.2) is 364 Å². The van der Waals surface area contributed by atoms with Crippen LogP contribution in [-0.2, 0) is 10.8 Å². The first-order valence-electron chi connectivity index (χ1n) is 34.8. The number of para-hydroxylation sites is 2. The number of rotatable bonds is 11. The van der Waals surface area contributed by atoms with Crippen molar-refractivity contribution in [1.29, 1.82) is 0 Å². The van der Waals surface area contributed by atoms with Crippen molar-refractivity contribution in [3.05, 3.63) is 431 Å². The van der Waals surface area contributed by atoms with Gasteiger partial charge >= 0.3 is 0 Å². The van der Waals surface area contributed by atoms with Gasteiger partial charge in [-0.3, -0.25) is 0 Å². The van der Waals surface area contributed by atoms with Gasteiger partial charge < -0.3 is 9.13 Å². The quantitative estimate of drug-likeness (QED) is 0.114. The second-order valence-electron chi connectivity index (χ2n) is 27.0. The molecule has 2 aliphatic rings. The molecule has 2 heteroatoms. The van der Waals surface area contributed by atoms with Crippen molar-refractivity contribution in [2.45, 2.75) is 10.8 Å². The minimum Gasteiger partial charge on any atom is -0.309 e. The van der Waals surface area contributed by atoms with Crippen LogP contribution in [0.4, 0.5) is 0 Å². The zero-order valence-corrected chi connectivity index (χ0v) is 54.8. The fraction of sp³-hybridized carbons (Fsp3) is 0.0204. The molecule has 0 atom stereocenters. The predicted molar refractivity (Wildman–Crippen MR) is 421 cm³/mol. The molecule has 0 amide bonds. The Kier molecular flexibility index (Phi) is 13.1. The lowest BCUT2D eigenvalue weighted by Crippen LogP contribution is -2.29. The van der Waals surface area contributed by atoms with E-state index in [1.165, 1.54) is 154 Å². The molecular weight excluding hydrogens is 1210 g/mol. The van der Waals surface area contributed by atoms with E-state index >= 15 is 0 Å². The van der Waals surface area contributed by atoms with Crippen molar-refractivity contribution in [1.82, 2.24) is 9.13 Å². The molecule has 0 unspecified atom stereocenters. The number of fused-ring (bicyclic) bond motifs is 14. The summed E-state index contributed by atoms with van der Waals surface area (Å²) in [6.45, 7) is 0. The van der Waals surface area contributed by atoms with Gasteiger partial charge in [-0.05, 0) is 184 Å². The molecule has 2 aliphatic carbocycles. The topological polar surface area (TPSA) is 9.86 Å². The van der Waals surface area contributed by atoms with E-state index in [0.29, 0.717) is 0 Å². The smallest absolute Gasteiger partial charge is 0.0713 e. The first kappa shape index (κ1) is 57.4. The van der Waals surface area contributed by atoms with Gasteiger partial charge in [0.05, 0.1) is 44.3 Å². The Labute approximate surface area is 581 Å². The zero-order valence-electron chi connectivity index (χ0n) is 54.8. The van der Waals surface area contributed by atoms with Gasteiger partial charge in [0, 0.05) is 32.3 Å². The molecule has 2 heterocycles. The van der Waals surface area contributed by atoms with Gasteiger partial charge in [0.1, 0.15) is 0 Å². The van der Waals surface area contributed by atoms with Crippen LogP contribution in [0.25, 0.3) is 134 Å². The minimum atomic E-state index is -0.633. The third-order valence-corrected chi connectivity index (χ3v) is 21.8. The molecule has 0 saturated carbocycles. The zero-order chi connectivity index (χ0) is 65.9. The second-order valence-corrected chi connectivity index (χ2v) is 27.0. The highest BCUT2D eigenvalue weighted by Crippen LogP contribution is 2.60. The summed E-state index contributed by atoms with van der Waals surface area (Å²) in [5.74, 6) is 0. The number of aromatic nitrogens is 2. The summed E-state index contributed by atoms with van der Waals surface area (Å²) in [7, 11) is 0. The highest BCUT2D eigenvalue weighted by atomic mass is 15.0. The predicted octanol–water partition coefficient (Wildman–Crippen LogP) is 24.9. The molecule has 16 aromatic carbocycles. The van der Waals surface area contributed by atoms with E-state index in [0.717, 1.165) is 22.3 Å². The maximum atomic E-state index is 2.52. The molecular formula is C98H64N2. The lowest BCUT2D eigenvalue weighted by Gasteiger charge is -2.35. The molecule has 20 rings (SSSR count). The maximum Gasteiger partial charge on any atom is 0.0713 e. The summed E-state index contributed by atoms with van der Waals surface area (Å²) < 4.78 is 4.88. The monoisotopic (exact) mass is 1270 g/mol. The lowest BCUT2D eigenvalue weighted by atomic mass is 9.66. The van der Waals surface area contributed by atoms with Crippen LogP contribution in [-0.4, -0.2) is 9.13 Å². The van der Waals surface area contributed by atoms with Crippen molar-refractivity contribution in [3.8, 4) is 44.8 Å². The van der Waals surface area contributed by atoms with Gasteiger partial charge in [-0.1, -0.05) is 315 Å². The van der Waals surface area contributed by atoms with Crippen LogP contribution in [0.3, 0.4) is 0 Å². The van der Waals surface area contributed by atoms with Crippen molar-refractivity contribution in [2.75, 3.05) is 0 Å². The van der Waals surface area contributed by atoms with E-state index in [9.17, 15) is 0 Å². The SMILES string of the molecule is C(=Cc1ccc2c(c1)c1ccccc1n2-c1cccc2ccccc12)c1ccc2c(c1)C(c1ccccc1)(c1ccccc1)c1cc(-c3ccc4c(c3)C(c3ccccc3)(c3ccccc3)c3cc(C=Cc5ccc6c(c5)c5ccccc5n6-c5cccc6ccccc56)ccc3-4)ccc1-2. The molecule has 0 bridgehead atoms. The summed E-state index contributed by atoms with van der Waals surface area (Å²) in [6.07, 6.45) is 9.20. The van der Waals surface area contributed by atoms with Gasteiger partial charge in [0.15, 0.2) is 0 Å². The fourth-order valence-corrected chi connectivity index (χ4v) is 17.5. The van der Waals surface area contributed by atoms with Crippen molar-refractivity contribution < 1.29 is 0 Å². The molecule has 2 aromatic heterocycles. The van der Waals surface area contributed by atoms with Gasteiger partial charge in [-0.25, -0.2) is 0 Å². The molecule has 0 N–H and O–H groups in total. The molecule has 2 nitrogen and oxygen atoms in total. The van der Waals surface area contributed by atoms with Crippen LogP contribution >= 0.6 is 0 Å². The van der Waals surface area contributed by atoms with Crippen LogP contribution in [0.5, 0.6) is 0 Å². The fourth-order valence-electron chi connectivity index (χ4n) is 17.5. The highest BCUT2D eigenvalue weighted by Gasteiger charge is 2.48. The Morgan fingerprint density at radius 1 is 0.200 bits per heavy atom. The molecule has 18 aromatic rings. The standard InChI is InChI=1S/C98H64N2/c1-5-27-73(28-6-1)97(74-29-7-2-8-30-74)87-61-67(45-43-65-49-57-95-85(59-65)83-37-17-19-39-93(83)99(95)91-41-21-25-69-23-13-15-35-77(69)91)47-53-79(87)81-55-51-71(63-89(81)97)72-52-56-82-80-54-48-68(62-88(80)98(90(82)64-72,75-31-9-3-10-32-75)76-33-11-4-12-34-76)46-44-66-50-58-96-86(60-66)84-38-18-20-40-94(84)100(96)92-42-22-26-70-24-14-16-36-78(70)92/h1-64H. The average molecular weight is 1270 g/mol. The lowest BCUT2D eigenvalue weighted by molar-refractivity contribution is 0.767. The van der Waals surface area contributed by atoms with Crippen molar-refractivity contribution in [3.63, 3.8) is 0 Å². The highest BCUT2D eigenvalue weighted by molar-refractivity contribution is 6.13. The van der Waals surface area contributed by atoms with Crippen LogP contribution in [0, 0.1) is 0 Å². The summed E-state index contributed by atoms with van der Waals surface area (Å²) in [5, 5.41) is 9.89. The summed E-state index contributed by atoms with van der Waals surface area (Å²) in [4.78, 5) is 0. The van der Waals surface area contributed by atoms with Gasteiger partial charge in [0.2, 0.25) is 0 Å². The average Bonchev–Trinajstić information content (AvgIpc) is 1.53. The Bertz CT molecular complexity index is 5900. The molecule has 0 fully saturated rings. The first-order chi connectivity index (χ1) is 49.6. The molecule has 0 spiro atoms. The minimum absolute atomic E-state index is 0.633. The number of benzene rings is 16. The number of hydrogen-bond donors (Lipinski definition) is 0. The first-order valence-corrected chi connectivity index (χ1v) is 34.8.